The van der Waals surface area contributed by atoms with Crippen LogP contribution in [0.5, 0.6) is 0 Å². The minimum Gasteiger partial charge on any atom is -0.392 e. The van der Waals surface area contributed by atoms with E-state index in [1.54, 1.807) is 0 Å². The van der Waals surface area contributed by atoms with Gasteiger partial charge in [0.05, 0.1) is 12.1 Å². The molecular weight excluding hydrogens is 344 g/mol. The monoisotopic (exact) mass is 376 g/mol. The average Bonchev–Trinajstić information content (AvgIpc) is 2.64. The summed E-state index contributed by atoms with van der Waals surface area (Å²) < 4.78 is 0. The highest BCUT2D eigenvalue weighted by atomic mass is 16.3. The number of carbonyl (C=O) groups is 2. The number of hydrogen-bond donors (Lipinski definition) is 3. The zero-order valence-electron chi connectivity index (χ0n) is 16.8. The summed E-state index contributed by atoms with van der Waals surface area (Å²) in [4.78, 5) is 28.9. The highest BCUT2D eigenvalue weighted by molar-refractivity contribution is 6.03. The van der Waals surface area contributed by atoms with Crippen molar-refractivity contribution in [2.24, 2.45) is 0 Å². The van der Waals surface area contributed by atoms with Gasteiger partial charge in [-0.05, 0) is 38.8 Å². The standard InChI is InChI=1S/C20H32N4O3/c1-5-17(25)13-23-8-10-24(11-9-23)16(4)19(26)22-20(27)21-18-7-6-14(2)12-15(18)3/h6-7,12,16-17,25H,5,8-11,13H2,1-4H3,(H2,21,22,26,27)/t16-,17+/m1/s1. The number of imide groups is 1. The minimum atomic E-state index is -0.511. The van der Waals surface area contributed by atoms with Gasteiger partial charge in [-0.3, -0.25) is 19.9 Å². The third kappa shape index (κ3) is 6.30. The maximum atomic E-state index is 12.4. The lowest BCUT2D eigenvalue weighted by atomic mass is 10.1. The molecule has 1 fully saturated rings. The molecule has 1 aromatic rings. The van der Waals surface area contributed by atoms with Crippen LogP contribution in [-0.4, -0.2) is 71.7 Å². The van der Waals surface area contributed by atoms with Crippen molar-refractivity contribution in [1.82, 2.24) is 15.1 Å². The Morgan fingerprint density at radius 2 is 1.85 bits per heavy atom. The number of benzene rings is 1. The Labute approximate surface area is 161 Å². The molecule has 2 atom stereocenters. The van der Waals surface area contributed by atoms with Crippen molar-refractivity contribution in [3.05, 3.63) is 29.3 Å². The number of hydrogen-bond acceptors (Lipinski definition) is 5. The van der Waals surface area contributed by atoms with Crippen LogP contribution < -0.4 is 10.6 Å². The molecule has 1 heterocycles. The maximum absolute atomic E-state index is 12.4. The normalized spacial score (nSPS) is 18.0. The molecule has 0 saturated carbocycles. The minimum absolute atomic E-state index is 0.300. The topological polar surface area (TPSA) is 84.9 Å². The van der Waals surface area contributed by atoms with E-state index in [0.29, 0.717) is 12.2 Å². The third-order valence-corrected chi connectivity index (χ3v) is 5.14. The lowest BCUT2D eigenvalue weighted by Gasteiger charge is -2.37. The molecular formula is C20H32N4O3. The lowest BCUT2D eigenvalue weighted by molar-refractivity contribution is -0.125. The van der Waals surface area contributed by atoms with E-state index in [1.807, 2.05) is 45.9 Å². The van der Waals surface area contributed by atoms with Crippen molar-refractivity contribution < 1.29 is 14.7 Å². The molecule has 150 valence electrons. The van der Waals surface area contributed by atoms with Gasteiger partial charge in [0, 0.05) is 38.4 Å². The highest BCUT2D eigenvalue weighted by Gasteiger charge is 2.27. The SMILES string of the molecule is CC[C@H](O)CN1CCN([C@H](C)C(=O)NC(=O)Nc2ccc(C)cc2C)CC1. The number of nitrogens with zero attached hydrogens (tertiary/aromatic N) is 2. The lowest BCUT2D eigenvalue weighted by Crippen LogP contribution is -2.55. The van der Waals surface area contributed by atoms with E-state index in [4.69, 9.17) is 0 Å². The summed E-state index contributed by atoms with van der Waals surface area (Å²) in [6, 6.07) is 4.84. The second-order valence-electron chi connectivity index (χ2n) is 7.34. The molecule has 2 rings (SSSR count). The van der Waals surface area contributed by atoms with E-state index in [-0.39, 0.29) is 18.1 Å². The summed E-state index contributed by atoms with van der Waals surface area (Å²) in [6.45, 7) is 11.5. The Bertz CT molecular complexity index is 657. The Kier molecular flexibility index (Phi) is 7.77. The molecule has 0 radical (unpaired) electrons. The molecule has 0 aliphatic carbocycles. The van der Waals surface area contributed by atoms with Gasteiger partial charge in [0.2, 0.25) is 5.91 Å². The maximum Gasteiger partial charge on any atom is 0.325 e. The van der Waals surface area contributed by atoms with Gasteiger partial charge >= 0.3 is 6.03 Å². The van der Waals surface area contributed by atoms with Crippen molar-refractivity contribution >= 4 is 17.6 Å². The van der Waals surface area contributed by atoms with Crippen LogP contribution in [0.25, 0.3) is 0 Å². The van der Waals surface area contributed by atoms with Crippen molar-refractivity contribution in [2.45, 2.75) is 46.3 Å². The number of aliphatic hydroxyl groups excluding tert-OH is 1. The van der Waals surface area contributed by atoms with Crippen LogP contribution in [0.15, 0.2) is 18.2 Å². The summed E-state index contributed by atoms with van der Waals surface area (Å²) in [6.07, 6.45) is 0.445. The molecule has 0 aromatic heterocycles. The molecule has 1 saturated heterocycles. The van der Waals surface area contributed by atoms with Crippen LogP contribution in [-0.2, 0) is 4.79 Å². The Morgan fingerprint density at radius 3 is 2.44 bits per heavy atom. The summed E-state index contributed by atoms with van der Waals surface area (Å²) in [7, 11) is 0. The average molecular weight is 377 g/mol. The molecule has 3 amide bonds. The van der Waals surface area contributed by atoms with Gasteiger partial charge in [-0.15, -0.1) is 0 Å². The smallest absolute Gasteiger partial charge is 0.325 e. The fourth-order valence-electron chi connectivity index (χ4n) is 3.25. The number of aliphatic hydroxyl groups is 1. The molecule has 1 aliphatic heterocycles. The van der Waals surface area contributed by atoms with Crippen molar-refractivity contribution in [3.63, 3.8) is 0 Å². The number of carbonyl (C=O) groups excluding carboxylic acids is 2. The number of aryl methyl sites for hydroxylation is 2. The molecule has 7 nitrogen and oxygen atoms in total. The highest BCUT2D eigenvalue weighted by Crippen LogP contribution is 2.15. The van der Waals surface area contributed by atoms with E-state index in [1.165, 1.54) is 0 Å². The zero-order chi connectivity index (χ0) is 20.0. The zero-order valence-corrected chi connectivity index (χ0v) is 16.8. The molecule has 1 aliphatic rings. The van der Waals surface area contributed by atoms with Gasteiger partial charge in [0.15, 0.2) is 0 Å². The predicted octanol–water partition coefficient (Wildman–Crippen LogP) is 1.73. The van der Waals surface area contributed by atoms with E-state index >= 15 is 0 Å². The van der Waals surface area contributed by atoms with Gasteiger partial charge in [-0.2, -0.15) is 0 Å². The van der Waals surface area contributed by atoms with Crippen LogP contribution in [0, 0.1) is 13.8 Å². The molecule has 0 spiro atoms. The largest absolute Gasteiger partial charge is 0.392 e. The molecule has 27 heavy (non-hydrogen) atoms. The summed E-state index contributed by atoms with van der Waals surface area (Å²) in [5.74, 6) is -0.306. The molecule has 3 N–H and O–H groups in total. The predicted molar refractivity (Wildman–Crippen MR) is 107 cm³/mol. The summed E-state index contributed by atoms with van der Waals surface area (Å²) in [5, 5.41) is 14.9. The van der Waals surface area contributed by atoms with Crippen LogP contribution in [0.1, 0.15) is 31.4 Å². The van der Waals surface area contributed by atoms with Gasteiger partial charge in [0.25, 0.3) is 0 Å². The first-order valence-electron chi connectivity index (χ1n) is 9.63. The van der Waals surface area contributed by atoms with Gasteiger partial charge in [0.1, 0.15) is 0 Å². The Morgan fingerprint density at radius 1 is 1.19 bits per heavy atom. The van der Waals surface area contributed by atoms with Crippen molar-refractivity contribution in [2.75, 3.05) is 38.0 Å². The fourth-order valence-corrected chi connectivity index (χ4v) is 3.25. The van der Waals surface area contributed by atoms with Gasteiger partial charge < -0.3 is 10.4 Å². The second kappa shape index (κ2) is 9.82. The Balaban J connectivity index is 1.80. The van der Waals surface area contributed by atoms with E-state index in [9.17, 15) is 14.7 Å². The van der Waals surface area contributed by atoms with E-state index in [0.717, 1.165) is 43.7 Å². The first-order chi connectivity index (χ1) is 12.8. The van der Waals surface area contributed by atoms with E-state index < -0.39 is 6.03 Å². The number of nitrogens with one attached hydrogen (secondary N) is 2. The molecule has 0 unspecified atom stereocenters. The number of anilines is 1. The Hall–Kier alpha value is -1.96. The van der Waals surface area contributed by atoms with Crippen molar-refractivity contribution in [3.8, 4) is 0 Å². The van der Waals surface area contributed by atoms with Gasteiger partial charge in [-0.25, -0.2) is 4.79 Å². The molecule has 7 heteroatoms. The first-order valence-corrected chi connectivity index (χ1v) is 9.63. The fraction of sp³-hybridized carbons (Fsp3) is 0.600. The van der Waals surface area contributed by atoms with Crippen LogP contribution >= 0.6 is 0 Å². The van der Waals surface area contributed by atoms with Crippen LogP contribution in [0.3, 0.4) is 0 Å². The second-order valence-corrected chi connectivity index (χ2v) is 7.34. The number of rotatable bonds is 6. The van der Waals surface area contributed by atoms with Crippen LogP contribution in [0.4, 0.5) is 10.5 Å². The third-order valence-electron chi connectivity index (χ3n) is 5.14. The number of amides is 3. The van der Waals surface area contributed by atoms with Crippen LogP contribution in [0.2, 0.25) is 0 Å². The molecule has 1 aromatic carbocycles. The summed E-state index contributed by atoms with van der Waals surface area (Å²) >= 11 is 0. The first kappa shape index (κ1) is 21.3. The van der Waals surface area contributed by atoms with Gasteiger partial charge in [-0.1, -0.05) is 24.6 Å². The van der Waals surface area contributed by atoms with E-state index in [2.05, 4.69) is 20.4 Å². The molecule has 0 bridgehead atoms. The number of piperazine rings is 1. The quantitative estimate of drug-likeness (QED) is 0.704. The van der Waals surface area contributed by atoms with Crippen molar-refractivity contribution in [1.29, 1.82) is 0 Å². The summed E-state index contributed by atoms with van der Waals surface area (Å²) in [5.41, 5.74) is 2.77. The number of β-amino-alcohol motifs (C(OH)–C–C–N with tert-alkyl or cyclic N) is 1. The number of urea groups is 1.